The third kappa shape index (κ3) is 2.01. The molecule has 0 radical (unpaired) electrons. The SMILES string of the molecule is CSC(=S)c1cc(F)ccc1F. The maximum atomic E-state index is 12.9. The summed E-state index contributed by atoms with van der Waals surface area (Å²) in [5.41, 5.74) is 0.164. The Hall–Kier alpha value is -0.480. The first-order valence-electron chi connectivity index (χ1n) is 3.18. The van der Waals surface area contributed by atoms with Crippen molar-refractivity contribution in [2.24, 2.45) is 0 Å². The molecule has 0 nitrogen and oxygen atoms in total. The third-order valence-corrected chi connectivity index (χ3v) is 2.64. The Morgan fingerprint density at radius 2 is 2.08 bits per heavy atom. The van der Waals surface area contributed by atoms with E-state index < -0.39 is 11.6 Å². The number of halogens is 2. The lowest BCUT2D eigenvalue weighted by Gasteiger charge is -2.01. The predicted molar refractivity (Wildman–Crippen MR) is 51.6 cm³/mol. The van der Waals surface area contributed by atoms with Crippen molar-refractivity contribution in [2.45, 2.75) is 0 Å². The Morgan fingerprint density at radius 1 is 1.42 bits per heavy atom. The average molecular weight is 204 g/mol. The van der Waals surface area contributed by atoms with E-state index in [4.69, 9.17) is 12.2 Å². The van der Waals surface area contributed by atoms with Crippen LogP contribution < -0.4 is 0 Å². The minimum absolute atomic E-state index is 0.164. The quantitative estimate of drug-likeness (QED) is 0.645. The molecule has 0 aliphatic rings. The Labute approximate surface area is 79.0 Å². The van der Waals surface area contributed by atoms with E-state index in [-0.39, 0.29) is 5.56 Å². The molecule has 0 N–H and O–H groups in total. The second kappa shape index (κ2) is 3.96. The van der Waals surface area contributed by atoms with Crippen LogP contribution in [-0.2, 0) is 0 Å². The van der Waals surface area contributed by atoms with Crippen LogP contribution in [0, 0.1) is 11.6 Å². The topological polar surface area (TPSA) is 0 Å². The number of rotatable bonds is 1. The zero-order valence-corrected chi connectivity index (χ0v) is 7.94. The van der Waals surface area contributed by atoms with Gasteiger partial charge in [-0.05, 0) is 24.5 Å². The fourth-order valence-corrected chi connectivity index (χ4v) is 1.30. The molecule has 64 valence electrons. The highest BCUT2D eigenvalue weighted by atomic mass is 32.2. The van der Waals surface area contributed by atoms with Gasteiger partial charge in [-0.3, -0.25) is 0 Å². The van der Waals surface area contributed by atoms with Crippen molar-refractivity contribution in [3.8, 4) is 0 Å². The maximum Gasteiger partial charge on any atom is 0.132 e. The Bertz CT molecular complexity index is 310. The summed E-state index contributed by atoms with van der Waals surface area (Å²) < 4.78 is 25.9. The third-order valence-electron chi connectivity index (χ3n) is 1.33. The van der Waals surface area contributed by atoms with Gasteiger partial charge in [-0.2, -0.15) is 0 Å². The molecule has 1 aromatic rings. The second-order valence-electron chi connectivity index (χ2n) is 2.12. The highest BCUT2D eigenvalue weighted by molar-refractivity contribution is 8.23. The number of hydrogen-bond donors (Lipinski definition) is 0. The summed E-state index contributed by atoms with van der Waals surface area (Å²) in [6.45, 7) is 0. The van der Waals surface area contributed by atoms with E-state index >= 15 is 0 Å². The molecule has 0 amide bonds. The Balaban J connectivity index is 3.13. The minimum Gasteiger partial charge on any atom is -0.207 e. The summed E-state index contributed by atoms with van der Waals surface area (Å²) >= 11 is 6.05. The van der Waals surface area contributed by atoms with Crippen molar-refractivity contribution in [3.63, 3.8) is 0 Å². The first-order chi connectivity index (χ1) is 5.65. The summed E-state index contributed by atoms with van der Waals surface area (Å²) in [7, 11) is 0. The van der Waals surface area contributed by atoms with E-state index in [1.807, 2.05) is 0 Å². The standard InChI is InChI=1S/C8H6F2S2/c1-12-8(11)6-4-5(9)2-3-7(6)10/h2-4H,1H3. The van der Waals surface area contributed by atoms with Crippen molar-refractivity contribution in [1.29, 1.82) is 0 Å². The highest BCUT2D eigenvalue weighted by Crippen LogP contribution is 2.16. The Kier molecular flexibility index (Phi) is 3.17. The summed E-state index contributed by atoms with van der Waals surface area (Å²) in [6.07, 6.45) is 1.73. The van der Waals surface area contributed by atoms with Gasteiger partial charge >= 0.3 is 0 Å². The molecule has 1 aromatic carbocycles. The lowest BCUT2D eigenvalue weighted by Crippen LogP contribution is -1.96. The fourth-order valence-electron chi connectivity index (χ4n) is 0.764. The molecule has 0 spiro atoms. The average Bonchev–Trinajstić information content (AvgIpc) is 2.08. The van der Waals surface area contributed by atoms with Crippen molar-refractivity contribution in [1.82, 2.24) is 0 Å². The molecule has 0 aliphatic heterocycles. The first kappa shape index (κ1) is 9.61. The molecule has 0 atom stereocenters. The van der Waals surface area contributed by atoms with Crippen LogP contribution in [-0.4, -0.2) is 10.5 Å². The summed E-state index contributed by atoms with van der Waals surface area (Å²) in [4.78, 5) is 0. The normalized spacial score (nSPS) is 9.92. The van der Waals surface area contributed by atoms with Gasteiger partial charge in [0.25, 0.3) is 0 Å². The van der Waals surface area contributed by atoms with Crippen LogP contribution in [0.2, 0.25) is 0 Å². The lowest BCUT2D eigenvalue weighted by atomic mass is 10.2. The van der Waals surface area contributed by atoms with E-state index in [0.29, 0.717) is 4.20 Å². The van der Waals surface area contributed by atoms with Crippen LogP contribution in [0.4, 0.5) is 8.78 Å². The molecule has 0 heterocycles. The number of benzene rings is 1. The van der Waals surface area contributed by atoms with Crippen LogP contribution in [0.1, 0.15) is 5.56 Å². The lowest BCUT2D eigenvalue weighted by molar-refractivity contribution is 0.599. The minimum atomic E-state index is -0.476. The van der Waals surface area contributed by atoms with Crippen molar-refractivity contribution in [3.05, 3.63) is 35.4 Å². The molecular formula is C8H6F2S2. The largest absolute Gasteiger partial charge is 0.207 e. The molecular weight excluding hydrogens is 198 g/mol. The molecule has 4 heteroatoms. The van der Waals surface area contributed by atoms with Gasteiger partial charge < -0.3 is 0 Å². The van der Waals surface area contributed by atoms with E-state index in [1.165, 1.54) is 11.8 Å². The van der Waals surface area contributed by atoms with Gasteiger partial charge in [0, 0.05) is 5.56 Å². The molecule has 0 unspecified atom stereocenters. The van der Waals surface area contributed by atoms with Crippen LogP contribution in [0.3, 0.4) is 0 Å². The predicted octanol–water partition coefficient (Wildman–Crippen LogP) is 3.00. The second-order valence-corrected chi connectivity index (χ2v) is 3.60. The van der Waals surface area contributed by atoms with Crippen molar-refractivity contribution in [2.75, 3.05) is 6.26 Å². The molecule has 0 saturated heterocycles. The van der Waals surface area contributed by atoms with Crippen LogP contribution >= 0.6 is 24.0 Å². The zero-order valence-electron chi connectivity index (χ0n) is 6.30. The summed E-state index contributed by atoms with van der Waals surface area (Å²) in [6, 6.07) is 3.25. The van der Waals surface area contributed by atoms with Gasteiger partial charge in [-0.1, -0.05) is 12.2 Å². The van der Waals surface area contributed by atoms with Crippen molar-refractivity contribution >= 4 is 28.2 Å². The molecule has 0 aliphatic carbocycles. The maximum absolute atomic E-state index is 12.9. The smallest absolute Gasteiger partial charge is 0.132 e. The van der Waals surface area contributed by atoms with Gasteiger partial charge in [0.1, 0.15) is 11.6 Å². The van der Waals surface area contributed by atoms with Gasteiger partial charge in [-0.15, -0.1) is 11.8 Å². The molecule has 0 aromatic heterocycles. The van der Waals surface area contributed by atoms with E-state index in [1.54, 1.807) is 6.26 Å². The molecule has 1 rings (SSSR count). The number of thioether (sulfide) groups is 1. The van der Waals surface area contributed by atoms with Gasteiger partial charge in [0.2, 0.25) is 0 Å². The van der Waals surface area contributed by atoms with Crippen molar-refractivity contribution < 1.29 is 8.78 Å². The van der Waals surface area contributed by atoms with Gasteiger partial charge in [-0.25, -0.2) is 8.78 Å². The molecule has 0 fully saturated rings. The summed E-state index contributed by atoms with van der Waals surface area (Å²) in [5, 5.41) is 0. The molecule has 12 heavy (non-hydrogen) atoms. The van der Waals surface area contributed by atoms with Crippen LogP contribution in [0.5, 0.6) is 0 Å². The van der Waals surface area contributed by atoms with E-state index in [0.717, 1.165) is 18.2 Å². The summed E-state index contributed by atoms with van der Waals surface area (Å²) in [5.74, 6) is -0.946. The van der Waals surface area contributed by atoms with Crippen LogP contribution in [0.15, 0.2) is 18.2 Å². The number of hydrogen-bond acceptors (Lipinski definition) is 2. The zero-order chi connectivity index (χ0) is 9.14. The monoisotopic (exact) mass is 204 g/mol. The molecule has 0 saturated carbocycles. The van der Waals surface area contributed by atoms with E-state index in [2.05, 4.69) is 0 Å². The van der Waals surface area contributed by atoms with E-state index in [9.17, 15) is 8.78 Å². The fraction of sp³-hybridized carbons (Fsp3) is 0.125. The number of thiocarbonyl (C=S) groups is 1. The molecule has 0 bridgehead atoms. The Morgan fingerprint density at radius 3 is 2.67 bits per heavy atom. The van der Waals surface area contributed by atoms with Crippen LogP contribution in [0.25, 0.3) is 0 Å². The van der Waals surface area contributed by atoms with Gasteiger partial charge in [0.15, 0.2) is 0 Å². The highest BCUT2D eigenvalue weighted by Gasteiger charge is 2.07. The first-order valence-corrected chi connectivity index (χ1v) is 4.82. The van der Waals surface area contributed by atoms with Gasteiger partial charge in [0.05, 0.1) is 4.20 Å².